The van der Waals surface area contributed by atoms with Crippen molar-refractivity contribution in [2.75, 3.05) is 13.6 Å². The van der Waals surface area contributed by atoms with Crippen LogP contribution in [0.3, 0.4) is 0 Å². The summed E-state index contributed by atoms with van der Waals surface area (Å²) in [5.74, 6) is 6.19. The van der Waals surface area contributed by atoms with Gasteiger partial charge >= 0.3 is 0 Å². The minimum atomic E-state index is 0.705. The number of fused-ring (bicyclic) bond motifs is 1. The van der Waals surface area contributed by atoms with Crippen LogP contribution >= 0.6 is 0 Å². The smallest absolute Gasteiger partial charge is 0.0714 e. The molecule has 0 aliphatic carbocycles. The van der Waals surface area contributed by atoms with Gasteiger partial charge in [0.05, 0.1) is 12.1 Å². The van der Waals surface area contributed by atoms with E-state index >= 15 is 0 Å². The Balaban J connectivity index is 2.48. The number of rotatable bonds is 1. The van der Waals surface area contributed by atoms with Crippen molar-refractivity contribution >= 4 is 10.9 Å². The van der Waals surface area contributed by atoms with Crippen molar-refractivity contribution in [3.05, 3.63) is 42.1 Å². The van der Waals surface area contributed by atoms with Gasteiger partial charge in [-0.2, -0.15) is 0 Å². The molecule has 0 unspecified atom stereocenters. The topological polar surface area (TPSA) is 24.9 Å². The van der Waals surface area contributed by atoms with Gasteiger partial charge in [-0.1, -0.05) is 24.0 Å². The fraction of sp³-hybridized carbons (Fsp3) is 0.154. The number of pyridine rings is 1. The van der Waals surface area contributed by atoms with E-state index in [1.54, 1.807) is 6.20 Å². The molecule has 15 heavy (non-hydrogen) atoms. The molecule has 2 aromatic rings. The van der Waals surface area contributed by atoms with Crippen molar-refractivity contribution in [1.29, 1.82) is 0 Å². The van der Waals surface area contributed by atoms with Gasteiger partial charge in [0, 0.05) is 17.1 Å². The van der Waals surface area contributed by atoms with Gasteiger partial charge in [0.2, 0.25) is 0 Å². The third-order valence-corrected chi connectivity index (χ3v) is 2.13. The van der Waals surface area contributed by atoms with Crippen LogP contribution in [0.1, 0.15) is 5.56 Å². The van der Waals surface area contributed by atoms with Gasteiger partial charge < -0.3 is 5.32 Å². The van der Waals surface area contributed by atoms with Gasteiger partial charge in [-0.25, -0.2) is 0 Å². The first-order valence-corrected chi connectivity index (χ1v) is 4.89. The monoisotopic (exact) mass is 196 g/mol. The maximum atomic E-state index is 4.29. The Kier molecular flexibility index (Phi) is 2.96. The Morgan fingerprint density at radius 3 is 3.07 bits per heavy atom. The SMILES string of the molecule is CNCC#Cc1cccc2ncccc12. The highest BCUT2D eigenvalue weighted by Gasteiger charge is 1.96. The fourth-order valence-corrected chi connectivity index (χ4v) is 1.44. The molecule has 1 aromatic heterocycles. The van der Waals surface area contributed by atoms with E-state index in [1.807, 2.05) is 37.4 Å². The lowest BCUT2D eigenvalue weighted by atomic mass is 10.1. The van der Waals surface area contributed by atoms with Gasteiger partial charge in [0.15, 0.2) is 0 Å². The van der Waals surface area contributed by atoms with Crippen LogP contribution in [0.5, 0.6) is 0 Å². The van der Waals surface area contributed by atoms with Crippen LogP contribution in [0, 0.1) is 11.8 Å². The Labute approximate surface area is 89.3 Å². The van der Waals surface area contributed by atoms with Crippen molar-refractivity contribution in [3.8, 4) is 11.8 Å². The molecule has 2 nitrogen and oxygen atoms in total. The first kappa shape index (κ1) is 9.70. The second kappa shape index (κ2) is 4.59. The van der Waals surface area contributed by atoms with Crippen LogP contribution in [-0.4, -0.2) is 18.6 Å². The molecule has 2 heteroatoms. The molecule has 0 saturated carbocycles. The average Bonchev–Trinajstić information content (AvgIpc) is 2.30. The lowest BCUT2D eigenvalue weighted by molar-refractivity contribution is 0.938. The van der Waals surface area contributed by atoms with Crippen LogP contribution in [0.2, 0.25) is 0 Å². The van der Waals surface area contributed by atoms with Crippen LogP contribution in [0.25, 0.3) is 10.9 Å². The van der Waals surface area contributed by atoms with Crippen LogP contribution in [-0.2, 0) is 0 Å². The van der Waals surface area contributed by atoms with Crippen LogP contribution < -0.4 is 5.32 Å². The molecule has 1 heterocycles. The maximum absolute atomic E-state index is 4.29. The van der Waals surface area contributed by atoms with Gasteiger partial charge in [0.25, 0.3) is 0 Å². The fourth-order valence-electron chi connectivity index (χ4n) is 1.44. The molecule has 0 fully saturated rings. The summed E-state index contributed by atoms with van der Waals surface area (Å²) in [6, 6.07) is 9.99. The second-order valence-corrected chi connectivity index (χ2v) is 3.21. The molecule has 0 atom stereocenters. The zero-order valence-electron chi connectivity index (χ0n) is 8.62. The highest BCUT2D eigenvalue weighted by atomic mass is 14.8. The maximum Gasteiger partial charge on any atom is 0.0714 e. The predicted molar refractivity (Wildman–Crippen MR) is 62.5 cm³/mol. The molecule has 1 aromatic carbocycles. The molecule has 0 radical (unpaired) electrons. The zero-order chi connectivity index (χ0) is 10.5. The van der Waals surface area contributed by atoms with Gasteiger partial charge in [-0.15, -0.1) is 0 Å². The molecule has 1 N–H and O–H groups in total. The van der Waals surface area contributed by atoms with E-state index in [1.165, 1.54) is 0 Å². The number of hydrogen-bond acceptors (Lipinski definition) is 2. The molecule has 0 amide bonds. The molecule has 74 valence electrons. The summed E-state index contributed by atoms with van der Waals surface area (Å²) in [5.41, 5.74) is 2.03. The van der Waals surface area contributed by atoms with Crippen LogP contribution in [0.15, 0.2) is 36.5 Å². The summed E-state index contributed by atoms with van der Waals surface area (Å²) < 4.78 is 0. The van der Waals surface area contributed by atoms with E-state index < -0.39 is 0 Å². The molecular weight excluding hydrogens is 184 g/mol. The van der Waals surface area contributed by atoms with E-state index in [0.717, 1.165) is 16.5 Å². The van der Waals surface area contributed by atoms with Crippen molar-refractivity contribution in [2.24, 2.45) is 0 Å². The zero-order valence-corrected chi connectivity index (χ0v) is 8.62. The van der Waals surface area contributed by atoms with Crippen molar-refractivity contribution in [1.82, 2.24) is 10.3 Å². The molecular formula is C13H12N2. The quantitative estimate of drug-likeness (QED) is 0.703. The normalized spacial score (nSPS) is 9.67. The van der Waals surface area contributed by atoms with E-state index in [4.69, 9.17) is 0 Å². The van der Waals surface area contributed by atoms with E-state index in [-0.39, 0.29) is 0 Å². The highest BCUT2D eigenvalue weighted by molar-refractivity contribution is 5.84. The van der Waals surface area contributed by atoms with Gasteiger partial charge in [0.1, 0.15) is 0 Å². The highest BCUT2D eigenvalue weighted by Crippen LogP contribution is 2.14. The molecule has 0 saturated heterocycles. The third kappa shape index (κ3) is 2.15. The summed E-state index contributed by atoms with van der Waals surface area (Å²) in [6.45, 7) is 0.705. The predicted octanol–water partition coefficient (Wildman–Crippen LogP) is 1.81. The Bertz CT molecular complexity index is 515. The third-order valence-electron chi connectivity index (χ3n) is 2.13. The van der Waals surface area contributed by atoms with E-state index in [9.17, 15) is 0 Å². The summed E-state index contributed by atoms with van der Waals surface area (Å²) in [7, 11) is 1.89. The first-order chi connectivity index (χ1) is 7.42. The minimum Gasteiger partial charge on any atom is -0.309 e. The molecule has 0 spiro atoms. The Morgan fingerprint density at radius 1 is 1.27 bits per heavy atom. The summed E-state index contributed by atoms with van der Waals surface area (Å²) >= 11 is 0. The summed E-state index contributed by atoms with van der Waals surface area (Å²) in [6.07, 6.45) is 1.80. The van der Waals surface area contributed by atoms with Crippen molar-refractivity contribution < 1.29 is 0 Å². The van der Waals surface area contributed by atoms with Crippen LogP contribution in [0.4, 0.5) is 0 Å². The van der Waals surface area contributed by atoms with Crippen molar-refractivity contribution in [3.63, 3.8) is 0 Å². The molecule has 2 rings (SSSR count). The number of benzene rings is 1. The number of aromatic nitrogens is 1. The summed E-state index contributed by atoms with van der Waals surface area (Å²) in [4.78, 5) is 4.29. The van der Waals surface area contributed by atoms with Gasteiger partial charge in [-0.05, 0) is 25.2 Å². The van der Waals surface area contributed by atoms with Gasteiger partial charge in [-0.3, -0.25) is 4.98 Å². The standard InChI is InChI=1S/C13H12N2/c1-14-9-3-6-11-5-2-8-13-12(11)7-4-10-15-13/h2,4-5,7-8,10,14H,9H2,1H3. The van der Waals surface area contributed by atoms with Crippen molar-refractivity contribution in [2.45, 2.75) is 0 Å². The lowest BCUT2D eigenvalue weighted by Crippen LogP contribution is -2.04. The average molecular weight is 196 g/mol. The largest absolute Gasteiger partial charge is 0.309 e. The summed E-state index contributed by atoms with van der Waals surface area (Å²) in [5, 5.41) is 4.11. The first-order valence-electron chi connectivity index (χ1n) is 4.89. The van der Waals surface area contributed by atoms with E-state index in [0.29, 0.717) is 6.54 Å². The number of nitrogens with one attached hydrogen (secondary N) is 1. The number of nitrogens with zero attached hydrogens (tertiary/aromatic N) is 1. The molecule has 0 aliphatic heterocycles. The Hall–Kier alpha value is -1.85. The Morgan fingerprint density at radius 2 is 2.20 bits per heavy atom. The molecule has 0 bridgehead atoms. The minimum absolute atomic E-state index is 0.705. The lowest BCUT2D eigenvalue weighted by Gasteiger charge is -1.98. The second-order valence-electron chi connectivity index (χ2n) is 3.21. The molecule has 0 aliphatic rings. The van der Waals surface area contributed by atoms with E-state index in [2.05, 4.69) is 22.1 Å². The number of hydrogen-bond donors (Lipinski definition) is 1.